The lowest BCUT2D eigenvalue weighted by molar-refractivity contribution is 0.595. The second kappa shape index (κ2) is 5.01. The predicted molar refractivity (Wildman–Crippen MR) is 75.5 cm³/mol. The van der Waals surface area contributed by atoms with Crippen molar-refractivity contribution in [1.29, 1.82) is 0 Å². The second-order valence-corrected chi connectivity index (χ2v) is 8.89. The molecule has 0 saturated heterocycles. The highest BCUT2D eigenvalue weighted by Crippen LogP contribution is 2.25. The number of fused-ring (bicyclic) bond motifs is 1. The molecule has 1 aliphatic rings. The molecule has 0 bridgehead atoms. The van der Waals surface area contributed by atoms with Crippen molar-refractivity contribution in [3.63, 3.8) is 0 Å². The summed E-state index contributed by atoms with van der Waals surface area (Å²) in [5.41, 5.74) is 2.40. The average Bonchev–Trinajstić information content (AvgIpc) is 2.24. The van der Waals surface area contributed by atoms with Crippen LogP contribution in [0, 0.1) is 0 Å². The summed E-state index contributed by atoms with van der Waals surface area (Å²) in [5.74, 6) is 0. The Bertz CT molecular complexity index is 681. The predicted octanol–water partition coefficient (Wildman–Crippen LogP) is 0.788. The Morgan fingerprint density at radius 2 is 2.00 bits per heavy atom. The van der Waals surface area contributed by atoms with Gasteiger partial charge in [-0.2, -0.15) is 0 Å². The molecule has 0 atom stereocenters. The molecule has 106 valence electrons. The molecule has 19 heavy (non-hydrogen) atoms. The first-order valence-corrected chi connectivity index (χ1v) is 9.51. The Labute approximate surface area is 113 Å². The van der Waals surface area contributed by atoms with Gasteiger partial charge in [0.25, 0.3) is 0 Å². The molecule has 1 aromatic carbocycles. The molecule has 0 amide bonds. The van der Waals surface area contributed by atoms with E-state index in [-0.39, 0.29) is 0 Å². The molecule has 0 fully saturated rings. The summed E-state index contributed by atoms with van der Waals surface area (Å²) in [6.07, 6.45) is 2.89. The van der Waals surface area contributed by atoms with Crippen molar-refractivity contribution in [2.24, 2.45) is 0 Å². The van der Waals surface area contributed by atoms with Crippen molar-refractivity contribution in [2.75, 3.05) is 27.9 Å². The van der Waals surface area contributed by atoms with E-state index in [4.69, 9.17) is 0 Å². The maximum atomic E-state index is 11.7. The standard InChI is InChI=1S/C11H16N2O4S2/c1-18(14,15)8-19(16,17)13-10-5-4-9-3-2-6-12-11(9)7-10/h4-5,7,12-13H,2-3,6,8H2,1H3. The third-order valence-corrected chi connectivity index (χ3v) is 6.19. The number of nitrogens with one attached hydrogen (secondary N) is 2. The minimum atomic E-state index is -3.88. The van der Waals surface area contributed by atoms with Crippen molar-refractivity contribution < 1.29 is 16.8 Å². The van der Waals surface area contributed by atoms with Crippen LogP contribution in [-0.2, 0) is 26.3 Å². The zero-order chi connectivity index (χ0) is 14.1. The van der Waals surface area contributed by atoms with Crippen molar-refractivity contribution in [3.8, 4) is 0 Å². The van der Waals surface area contributed by atoms with Crippen LogP contribution in [0.1, 0.15) is 12.0 Å². The molecule has 0 aromatic heterocycles. The van der Waals surface area contributed by atoms with Crippen molar-refractivity contribution in [2.45, 2.75) is 12.8 Å². The van der Waals surface area contributed by atoms with Crippen LogP contribution in [0.5, 0.6) is 0 Å². The molecule has 0 unspecified atom stereocenters. The number of sulfone groups is 1. The van der Waals surface area contributed by atoms with Gasteiger partial charge in [0, 0.05) is 18.5 Å². The number of anilines is 2. The molecule has 8 heteroatoms. The fraction of sp³-hybridized carbons (Fsp3) is 0.455. The van der Waals surface area contributed by atoms with Gasteiger partial charge in [-0.15, -0.1) is 0 Å². The van der Waals surface area contributed by atoms with Crippen molar-refractivity contribution >= 4 is 31.2 Å². The number of rotatable bonds is 4. The quantitative estimate of drug-likeness (QED) is 0.858. The summed E-state index contributed by atoms with van der Waals surface area (Å²) in [4.78, 5) is 0. The van der Waals surface area contributed by atoms with E-state index in [0.717, 1.165) is 36.9 Å². The molecular formula is C11H16N2O4S2. The van der Waals surface area contributed by atoms with E-state index >= 15 is 0 Å². The molecule has 1 aromatic rings. The highest BCUT2D eigenvalue weighted by Gasteiger charge is 2.19. The van der Waals surface area contributed by atoms with Gasteiger partial charge in [0.1, 0.15) is 0 Å². The molecule has 1 aliphatic heterocycles. The number of hydrogen-bond donors (Lipinski definition) is 2. The highest BCUT2D eigenvalue weighted by molar-refractivity contribution is 8.08. The molecule has 2 N–H and O–H groups in total. The molecule has 0 radical (unpaired) electrons. The van der Waals surface area contributed by atoms with Crippen LogP contribution in [0.3, 0.4) is 0 Å². The Balaban J connectivity index is 2.20. The third kappa shape index (κ3) is 4.10. The first-order chi connectivity index (χ1) is 8.75. The van der Waals surface area contributed by atoms with E-state index in [2.05, 4.69) is 10.0 Å². The zero-order valence-corrected chi connectivity index (χ0v) is 12.1. The molecule has 1 heterocycles. The lowest BCUT2D eigenvalue weighted by Gasteiger charge is -2.19. The van der Waals surface area contributed by atoms with E-state index in [1.807, 2.05) is 6.07 Å². The Hall–Kier alpha value is -1.28. The summed E-state index contributed by atoms with van der Waals surface area (Å²) in [6, 6.07) is 5.18. The first-order valence-electron chi connectivity index (χ1n) is 5.80. The van der Waals surface area contributed by atoms with Gasteiger partial charge in [-0.25, -0.2) is 16.8 Å². The van der Waals surface area contributed by atoms with Gasteiger partial charge in [-0.1, -0.05) is 6.07 Å². The van der Waals surface area contributed by atoms with E-state index in [1.165, 1.54) is 0 Å². The van der Waals surface area contributed by atoms with E-state index < -0.39 is 24.9 Å². The second-order valence-electron chi connectivity index (χ2n) is 4.66. The monoisotopic (exact) mass is 304 g/mol. The average molecular weight is 304 g/mol. The Morgan fingerprint density at radius 3 is 2.68 bits per heavy atom. The van der Waals surface area contributed by atoms with Crippen LogP contribution < -0.4 is 10.0 Å². The van der Waals surface area contributed by atoms with Crippen molar-refractivity contribution in [1.82, 2.24) is 0 Å². The Morgan fingerprint density at radius 1 is 1.26 bits per heavy atom. The SMILES string of the molecule is CS(=O)(=O)CS(=O)(=O)Nc1ccc2c(c1)NCCC2. The first kappa shape index (κ1) is 14.1. The third-order valence-electron chi connectivity index (χ3n) is 2.69. The van der Waals surface area contributed by atoms with Gasteiger partial charge in [0.2, 0.25) is 10.0 Å². The van der Waals surface area contributed by atoms with Gasteiger partial charge in [0.05, 0.1) is 5.69 Å². The van der Waals surface area contributed by atoms with Crippen molar-refractivity contribution in [3.05, 3.63) is 23.8 Å². The lowest BCUT2D eigenvalue weighted by atomic mass is 10.0. The number of sulfonamides is 1. The van der Waals surface area contributed by atoms with E-state index in [9.17, 15) is 16.8 Å². The lowest BCUT2D eigenvalue weighted by Crippen LogP contribution is -2.22. The van der Waals surface area contributed by atoms with Crippen LogP contribution in [0.25, 0.3) is 0 Å². The summed E-state index contributed by atoms with van der Waals surface area (Å²) >= 11 is 0. The fourth-order valence-electron chi connectivity index (χ4n) is 2.02. The fourth-order valence-corrected chi connectivity index (χ4v) is 4.99. The maximum absolute atomic E-state index is 11.7. The summed E-state index contributed by atoms with van der Waals surface area (Å²) in [7, 11) is -7.47. The minimum Gasteiger partial charge on any atom is -0.385 e. The molecule has 0 aliphatic carbocycles. The van der Waals surface area contributed by atoms with E-state index in [0.29, 0.717) is 5.69 Å². The van der Waals surface area contributed by atoms with Crippen LogP contribution >= 0.6 is 0 Å². The highest BCUT2D eigenvalue weighted by atomic mass is 32.3. The topological polar surface area (TPSA) is 92.3 Å². The van der Waals surface area contributed by atoms with Crippen LogP contribution in [0.2, 0.25) is 0 Å². The molecule has 2 rings (SSSR count). The smallest absolute Gasteiger partial charge is 0.247 e. The summed E-state index contributed by atoms with van der Waals surface area (Å²) in [6.45, 7) is 0.854. The van der Waals surface area contributed by atoms with E-state index in [1.54, 1.807) is 12.1 Å². The van der Waals surface area contributed by atoms with Gasteiger partial charge in [0.15, 0.2) is 14.9 Å². The summed E-state index contributed by atoms with van der Waals surface area (Å²) < 4.78 is 47.7. The molecular weight excluding hydrogens is 288 g/mol. The zero-order valence-electron chi connectivity index (χ0n) is 10.5. The maximum Gasteiger partial charge on any atom is 0.247 e. The molecule has 6 nitrogen and oxygen atoms in total. The largest absolute Gasteiger partial charge is 0.385 e. The van der Waals surface area contributed by atoms with Gasteiger partial charge < -0.3 is 5.32 Å². The number of hydrogen-bond acceptors (Lipinski definition) is 5. The summed E-state index contributed by atoms with van der Waals surface area (Å²) in [5, 5.41) is 2.27. The van der Waals surface area contributed by atoms with Gasteiger partial charge >= 0.3 is 0 Å². The normalized spacial score (nSPS) is 15.4. The van der Waals surface area contributed by atoms with Crippen LogP contribution in [0.15, 0.2) is 18.2 Å². The minimum absolute atomic E-state index is 0.372. The van der Waals surface area contributed by atoms with Crippen LogP contribution in [0.4, 0.5) is 11.4 Å². The molecule has 0 spiro atoms. The molecule has 0 saturated carbocycles. The van der Waals surface area contributed by atoms with Crippen LogP contribution in [-0.4, -0.2) is 34.7 Å². The Kier molecular flexibility index (Phi) is 3.73. The van der Waals surface area contributed by atoms with Gasteiger partial charge in [-0.05, 0) is 30.5 Å². The van der Waals surface area contributed by atoms with Gasteiger partial charge in [-0.3, -0.25) is 4.72 Å². The number of benzene rings is 1. The number of aryl methyl sites for hydroxylation is 1.